The summed E-state index contributed by atoms with van der Waals surface area (Å²) in [4.78, 5) is 0. The van der Waals surface area contributed by atoms with Crippen LogP contribution in [0, 0.1) is 11.8 Å². The molecule has 2 aliphatic rings. The summed E-state index contributed by atoms with van der Waals surface area (Å²) >= 11 is 0. The summed E-state index contributed by atoms with van der Waals surface area (Å²) in [7, 11) is 0. The second-order valence-corrected chi connectivity index (χ2v) is 2.33. The second kappa shape index (κ2) is 2.19. The molecule has 1 heteroatoms. The van der Waals surface area contributed by atoms with Crippen LogP contribution >= 0.6 is 0 Å². The second-order valence-electron chi connectivity index (χ2n) is 2.33. The average molecular weight is 188 g/mol. The van der Waals surface area contributed by atoms with Gasteiger partial charge in [0.05, 0.1) is 0 Å². The zero-order valence-corrected chi connectivity index (χ0v) is 6.59. The summed E-state index contributed by atoms with van der Waals surface area (Å²) in [5, 5.41) is 0. The van der Waals surface area contributed by atoms with Crippen LogP contribution in [0.5, 0.6) is 0 Å². The van der Waals surface area contributed by atoms with Gasteiger partial charge in [0.25, 0.3) is 0 Å². The van der Waals surface area contributed by atoms with Crippen LogP contribution in [0.25, 0.3) is 0 Å². The van der Waals surface area contributed by atoms with Gasteiger partial charge in [0, 0.05) is 21.1 Å². The first-order chi connectivity index (χ1) is 3.45. The van der Waals surface area contributed by atoms with Crippen LogP contribution in [0.3, 0.4) is 0 Å². The molecule has 0 heterocycles. The van der Waals surface area contributed by atoms with Crippen LogP contribution in [0.4, 0.5) is 0 Å². The summed E-state index contributed by atoms with van der Waals surface area (Å²) in [6.45, 7) is 0. The van der Waals surface area contributed by atoms with Crippen LogP contribution < -0.4 is 0 Å². The van der Waals surface area contributed by atoms with E-state index in [0.29, 0.717) is 0 Å². The number of hydrogen-bond donors (Lipinski definition) is 0. The minimum atomic E-state index is 0. The molecule has 0 aliphatic heterocycles. The van der Waals surface area contributed by atoms with Crippen molar-refractivity contribution in [1.82, 2.24) is 0 Å². The van der Waals surface area contributed by atoms with Crippen LogP contribution in [-0.2, 0) is 21.1 Å². The molecule has 0 spiro atoms. The van der Waals surface area contributed by atoms with E-state index in [2.05, 4.69) is 24.3 Å². The fraction of sp³-hybridized carbons (Fsp3) is 0.429. The van der Waals surface area contributed by atoms with E-state index < -0.39 is 0 Å². The van der Waals surface area contributed by atoms with E-state index in [9.17, 15) is 0 Å². The van der Waals surface area contributed by atoms with Crippen molar-refractivity contribution >= 4 is 0 Å². The van der Waals surface area contributed by atoms with Gasteiger partial charge in [-0.3, -0.25) is 0 Å². The Labute approximate surface area is 63.9 Å². The molecule has 0 saturated carbocycles. The third-order valence-corrected chi connectivity index (χ3v) is 1.76. The molecule has 0 atom stereocenters. The first-order valence-corrected chi connectivity index (χ1v) is 2.82. The fourth-order valence-corrected chi connectivity index (χ4v) is 1.33. The zero-order valence-electron chi connectivity index (χ0n) is 4.58. The van der Waals surface area contributed by atoms with Gasteiger partial charge in [-0.25, -0.2) is 0 Å². The van der Waals surface area contributed by atoms with Gasteiger partial charge in [0.2, 0.25) is 0 Å². The largest absolute Gasteiger partial charge is 0.0810 e. The third kappa shape index (κ3) is 0.821. The predicted molar refractivity (Wildman–Crippen MR) is 29.9 cm³/mol. The molecule has 2 bridgehead atoms. The van der Waals surface area contributed by atoms with Crippen molar-refractivity contribution < 1.29 is 21.1 Å². The van der Waals surface area contributed by atoms with Crippen molar-refractivity contribution in [2.45, 2.75) is 6.42 Å². The Balaban J connectivity index is 0.000000320. The molecule has 0 aromatic carbocycles. The van der Waals surface area contributed by atoms with Gasteiger partial charge in [0.15, 0.2) is 0 Å². The summed E-state index contributed by atoms with van der Waals surface area (Å²) in [5.41, 5.74) is 0. The molecule has 2 rings (SSSR count). The van der Waals surface area contributed by atoms with Crippen molar-refractivity contribution in [3.8, 4) is 0 Å². The van der Waals surface area contributed by atoms with Crippen LogP contribution in [0.1, 0.15) is 6.42 Å². The molecule has 2 aliphatic carbocycles. The maximum absolute atomic E-state index is 2.30. The summed E-state index contributed by atoms with van der Waals surface area (Å²) in [6, 6.07) is 0. The quantitative estimate of drug-likeness (QED) is 0.401. The van der Waals surface area contributed by atoms with Gasteiger partial charge < -0.3 is 0 Å². The number of rotatable bonds is 0. The monoisotopic (exact) mass is 190 g/mol. The standard InChI is InChI=1S/C7H8.Mo/c1-2-7-4-3-6(1)5-7;/h1-4,6-7H,5H2;. The fourth-order valence-electron chi connectivity index (χ4n) is 1.33. The Morgan fingerprint density at radius 2 is 1.25 bits per heavy atom. The minimum absolute atomic E-state index is 0. The van der Waals surface area contributed by atoms with Crippen molar-refractivity contribution in [3.63, 3.8) is 0 Å². The molecule has 0 N–H and O–H groups in total. The molecule has 0 aromatic rings. The van der Waals surface area contributed by atoms with Gasteiger partial charge >= 0.3 is 0 Å². The van der Waals surface area contributed by atoms with Crippen molar-refractivity contribution in [2.24, 2.45) is 11.8 Å². The molecular formula is C7H8Mo. The molecule has 0 fully saturated rings. The van der Waals surface area contributed by atoms with Crippen LogP contribution in [0.2, 0.25) is 0 Å². The Morgan fingerprint density at radius 1 is 0.875 bits per heavy atom. The number of hydrogen-bond acceptors (Lipinski definition) is 0. The third-order valence-electron chi connectivity index (χ3n) is 1.76. The van der Waals surface area contributed by atoms with Gasteiger partial charge in [-0.2, -0.15) is 0 Å². The average Bonchev–Trinajstić information content (AvgIpc) is 2.22. The molecule has 0 saturated heterocycles. The van der Waals surface area contributed by atoms with Gasteiger partial charge in [0.1, 0.15) is 0 Å². The van der Waals surface area contributed by atoms with E-state index >= 15 is 0 Å². The Kier molecular flexibility index (Phi) is 1.72. The summed E-state index contributed by atoms with van der Waals surface area (Å²) in [5.74, 6) is 1.62. The maximum atomic E-state index is 2.30. The summed E-state index contributed by atoms with van der Waals surface area (Å²) < 4.78 is 0. The normalized spacial score (nSPS) is 38.0. The molecular weight excluding hydrogens is 180 g/mol. The van der Waals surface area contributed by atoms with E-state index in [4.69, 9.17) is 0 Å². The van der Waals surface area contributed by atoms with Crippen LogP contribution in [-0.4, -0.2) is 0 Å². The Hall–Kier alpha value is 0.168. The topological polar surface area (TPSA) is 0 Å². The summed E-state index contributed by atoms with van der Waals surface area (Å²) in [6.07, 6.45) is 10.5. The molecule has 8 heavy (non-hydrogen) atoms. The maximum Gasteiger partial charge on any atom is 0 e. The first-order valence-electron chi connectivity index (χ1n) is 2.82. The molecule has 42 valence electrons. The van der Waals surface area contributed by atoms with Crippen molar-refractivity contribution in [2.75, 3.05) is 0 Å². The molecule has 0 aromatic heterocycles. The van der Waals surface area contributed by atoms with Gasteiger partial charge in [-0.1, -0.05) is 24.3 Å². The van der Waals surface area contributed by atoms with Crippen molar-refractivity contribution in [1.29, 1.82) is 0 Å². The van der Waals surface area contributed by atoms with Crippen molar-refractivity contribution in [3.05, 3.63) is 24.3 Å². The van der Waals surface area contributed by atoms with Gasteiger partial charge in [-0.15, -0.1) is 0 Å². The smallest absolute Gasteiger partial charge is 0 e. The van der Waals surface area contributed by atoms with E-state index in [0.717, 1.165) is 11.8 Å². The molecule has 0 radical (unpaired) electrons. The minimum Gasteiger partial charge on any atom is -0.0810 e. The predicted octanol–water partition coefficient (Wildman–Crippen LogP) is 1.75. The number of fused-ring (bicyclic) bond motifs is 2. The molecule has 0 amide bonds. The van der Waals surface area contributed by atoms with E-state index in [1.54, 1.807) is 0 Å². The number of allylic oxidation sites excluding steroid dienone is 4. The Bertz CT molecular complexity index is 107. The molecule has 0 unspecified atom stereocenters. The first kappa shape index (κ1) is 6.29. The van der Waals surface area contributed by atoms with Crippen LogP contribution in [0.15, 0.2) is 24.3 Å². The Morgan fingerprint density at radius 3 is 1.38 bits per heavy atom. The van der Waals surface area contributed by atoms with Gasteiger partial charge in [-0.05, 0) is 18.3 Å². The van der Waals surface area contributed by atoms with E-state index in [1.165, 1.54) is 6.42 Å². The molecule has 0 nitrogen and oxygen atoms in total. The van der Waals surface area contributed by atoms with E-state index in [-0.39, 0.29) is 21.1 Å². The SMILES string of the molecule is C1=CC2C=CC1C2.[Mo]. The van der Waals surface area contributed by atoms with E-state index in [1.807, 2.05) is 0 Å². The zero-order chi connectivity index (χ0) is 4.69.